The summed E-state index contributed by atoms with van der Waals surface area (Å²) in [6.45, 7) is 10.8. The Balaban J connectivity index is 1.44. The first-order chi connectivity index (χ1) is 30.4. The fourth-order valence-electron chi connectivity index (χ4n) is 7.32. The Labute approximate surface area is 386 Å². The normalized spacial score (nSPS) is 15.4. The van der Waals surface area contributed by atoms with Crippen molar-refractivity contribution in [1.82, 2.24) is 0 Å². The molecule has 0 saturated carbocycles. The van der Waals surface area contributed by atoms with Crippen molar-refractivity contribution >= 4 is 56.5 Å². The number of hydrogen-bond acceptors (Lipinski definition) is 8. The lowest BCUT2D eigenvalue weighted by Gasteiger charge is -2.26. The standard InChI is InChI=1S/C50H46F6N2O2S4/c1-30(2)37-20-21-38(61-37)40-28-35(45(63-40)31-12-16-33(17-13-31)59-26-10-6-8-24-57)43-44(49(53,54)50(55,56)48(43,51)52)36-29-41(39-22-23-42(62-39)47(3,4)5)64-46(36)32-14-18-34(19-15-32)60-27-11-7-9-25-58/h12-23,28-30H,6-11,26-27H2,1-5H3. The topological polar surface area (TPSA) is 66.0 Å². The number of hydrogen-bond donors (Lipinski definition) is 0. The van der Waals surface area contributed by atoms with E-state index in [4.69, 9.17) is 20.0 Å². The Morgan fingerprint density at radius 3 is 1.39 bits per heavy atom. The highest BCUT2D eigenvalue weighted by atomic mass is 32.1. The number of nitrogens with zero attached hydrogens (tertiary/aromatic N) is 2. The van der Waals surface area contributed by atoms with Gasteiger partial charge in [0.15, 0.2) is 0 Å². The van der Waals surface area contributed by atoms with Gasteiger partial charge in [0, 0.05) is 74.1 Å². The molecule has 0 atom stereocenters. The molecule has 0 saturated heterocycles. The predicted molar refractivity (Wildman–Crippen MR) is 250 cm³/mol. The summed E-state index contributed by atoms with van der Waals surface area (Å²) in [7, 11) is 0. The molecule has 6 aromatic rings. The van der Waals surface area contributed by atoms with E-state index < -0.39 is 40.0 Å². The first kappa shape index (κ1) is 47.1. The molecule has 0 amide bonds. The Kier molecular flexibility index (Phi) is 13.9. The van der Waals surface area contributed by atoms with Crippen LogP contribution in [0, 0.1) is 22.7 Å². The average Bonchev–Trinajstić information content (AvgIpc) is 4.10. The SMILES string of the molecule is CC(C)c1ccc(-c2cc(C3=C(c4cc(-c5ccc(C(C)(C)C)s5)sc4-c4ccc(OCCCCC#N)cc4)C(F)(F)C(F)(F)C3(F)F)c(-c3ccc(OCCCCC#N)cc3)s2)s1. The molecule has 0 N–H and O–H groups in total. The molecule has 0 aliphatic heterocycles. The molecule has 64 heavy (non-hydrogen) atoms. The zero-order valence-electron chi connectivity index (χ0n) is 35.9. The van der Waals surface area contributed by atoms with E-state index in [1.807, 2.05) is 58.9 Å². The molecule has 2 aromatic carbocycles. The molecule has 4 aromatic heterocycles. The van der Waals surface area contributed by atoms with Crippen LogP contribution in [-0.2, 0) is 5.41 Å². The Morgan fingerprint density at radius 2 is 1.00 bits per heavy atom. The molecule has 0 unspecified atom stereocenters. The van der Waals surface area contributed by atoms with Gasteiger partial charge in [-0.3, -0.25) is 0 Å². The maximum atomic E-state index is 16.9. The van der Waals surface area contributed by atoms with E-state index in [0.29, 0.717) is 93.9 Å². The monoisotopic (exact) mass is 948 g/mol. The van der Waals surface area contributed by atoms with Gasteiger partial charge >= 0.3 is 17.8 Å². The van der Waals surface area contributed by atoms with Crippen molar-refractivity contribution in [2.24, 2.45) is 0 Å². The lowest BCUT2D eigenvalue weighted by Crippen LogP contribution is -2.48. The van der Waals surface area contributed by atoms with Gasteiger partial charge in [-0.2, -0.15) is 36.9 Å². The largest absolute Gasteiger partial charge is 0.494 e. The number of benzene rings is 2. The second kappa shape index (κ2) is 18.9. The summed E-state index contributed by atoms with van der Waals surface area (Å²) in [6.07, 6.45) is 3.37. The van der Waals surface area contributed by atoms with Crippen LogP contribution in [0.4, 0.5) is 26.3 Å². The van der Waals surface area contributed by atoms with Gasteiger partial charge in [0.25, 0.3) is 0 Å². The van der Waals surface area contributed by atoms with E-state index in [-0.39, 0.29) is 21.1 Å². The van der Waals surface area contributed by atoms with Crippen molar-refractivity contribution < 1.29 is 35.8 Å². The molecule has 7 rings (SSSR count). The summed E-state index contributed by atoms with van der Waals surface area (Å²) in [6, 6.07) is 27.4. The number of unbranched alkanes of at least 4 members (excludes halogenated alkanes) is 4. The minimum atomic E-state index is -5.79. The van der Waals surface area contributed by atoms with Gasteiger partial charge in [0.2, 0.25) is 0 Å². The van der Waals surface area contributed by atoms with Crippen LogP contribution in [0.1, 0.15) is 99.9 Å². The molecule has 0 radical (unpaired) electrons. The number of ether oxygens (including phenoxy) is 2. The lowest BCUT2D eigenvalue weighted by molar-refractivity contribution is -0.254. The highest BCUT2D eigenvalue weighted by Crippen LogP contribution is 2.67. The summed E-state index contributed by atoms with van der Waals surface area (Å²) in [5, 5.41) is 17.7. The number of halogens is 6. The molecule has 0 spiro atoms. The first-order valence-corrected chi connectivity index (χ1v) is 24.2. The Bertz CT molecular complexity index is 2700. The Hall–Kier alpha value is -4.86. The zero-order chi connectivity index (χ0) is 46.0. The van der Waals surface area contributed by atoms with E-state index in [9.17, 15) is 0 Å². The van der Waals surface area contributed by atoms with Gasteiger partial charge in [-0.15, -0.1) is 45.3 Å². The molecule has 4 nitrogen and oxygen atoms in total. The molecule has 4 heterocycles. The van der Waals surface area contributed by atoms with Crippen LogP contribution in [0.3, 0.4) is 0 Å². The van der Waals surface area contributed by atoms with Crippen molar-refractivity contribution in [2.45, 2.75) is 102 Å². The number of allylic oxidation sites excluding steroid dienone is 2. The molecule has 1 aliphatic carbocycles. The maximum absolute atomic E-state index is 16.9. The molecule has 334 valence electrons. The second-order valence-electron chi connectivity index (χ2n) is 16.9. The van der Waals surface area contributed by atoms with E-state index in [1.165, 1.54) is 34.8 Å². The van der Waals surface area contributed by atoms with Gasteiger partial charge in [-0.25, -0.2) is 0 Å². The minimum absolute atomic E-state index is 0.134. The summed E-state index contributed by atoms with van der Waals surface area (Å²) in [5.74, 6) is -15.3. The molecule has 1 aliphatic rings. The Morgan fingerprint density at radius 1 is 0.562 bits per heavy atom. The van der Waals surface area contributed by atoms with Crippen LogP contribution in [0.25, 0.3) is 51.5 Å². The van der Waals surface area contributed by atoms with Crippen LogP contribution < -0.4 is 9.47 Å². The first-order valence-electron chi connectivity index (χ1n) is 21.0. The molecule has 0 bridgehead atoms. The van der Waals surface area contributed by atoms with Gasteiger partial charge in [0.1, 0.15) is 11.5 Å². The minimum Gasteiger partial charge on any atom is -0.494 e. The fraction of sp³-hybridized carbons (Fsp3) is 0.360. The number of rotatable bonds is 17. The summed E-state index contributed by atoms with van der Waals surface area (Å²) >= 11 is 5.03. The van der Waals surface area contributed by atoms with Crippen LogP contribution >= 0.6 is 45.3 Å². The van der Waals surface area contributed by atoms with Crippen molar-refractivity contribution in [3.63, 3.8) is 0 Å². The lowest BCUT2D eigenvalue weighted by atomic mass is 9.92. The van der Waals surface area contributed by atoms with E-state index in [0.717, 1.165) is 32.4 Å². The van der Waals surface area contributed by atoms with Gasteiger partial charge in [0.05, 0.1) is 25.4 Å². The smallest absolute Gasteiger partial charge is 0.380 e. The van der Waals surface area contributed by atoms with Gasteiger partial charge in [-0.05, 0) is 133 Å². The second-order valence-corrected chi connectivity index (χ2v) is 21.2. The van der Waals surface area contributed by atoms with E-state index >= 15 is 26.3 Å². The van der Waals surface area contributed by atoms with E-state index in [1.54, 1.807) is 48.5 Å². The highest BCUT2D eigenvalue weighted by molar-refractivity contribution is 7.24. The van der Waals surface area contributed by atoms with Crippen molar-refractivity contribution in [2.75, 3.05) is 13.2 Å². The fourth-order valence-corrected chi connectivity index (χ4v) is 11.9. The third-order valence-corrected chi connectivity index (χ3v) is 16.5. The summed E-state index contributed by atoms with van der Waals surface area (Å²) in [4.78, 5) is 4.61. The van der Waals surface area contributed by atoms with Crippen molar-refractivity contribution in [3.8, 4) is 64.0 Å². The van der Waals surface area contributed by atoms with Gasteiger partial charge < -0.3 is 9.47 Å². The van der Waals surface area contributed by atoms with Crippen LogP contribution in [0.15, 0.2) is 84.9 Å². The molecular weight excluding hydrogens is 903 g/mol. The van der Waals surface area contributed by atoms with Crippen molar-refractivity contribution in [3.05, 3.63) is 106 Å². The zero-order valence-corrected chi connectivity index (χ0v) is 39.2. The molecular formula is C50H46F6N2O2S4. The predicted octanol–water partition coefficient (Wildman–Crippen LogP) is 17.0. The van der Waals surface area contributed by atoms with E-state index in [2.05, 4.69) is 12.1 Å². The van der Waals surface area contributed by atoms with Crippen LogP contribution in [-0.4, -0.2) is 31.0 Å². The highest BCUT2D eigenvalue weighted by Gasteiger charge is 2.80. The molecule has 0 fully saturated rings. The van der Waals surface area contributed by atoms with Crippen molar-refractivity contribution in [1.29, 1.82) is 10.5 Å². The van der Waals surface area contributed by atoms with Crippen LogP contribution in [0.5, 0.6) is 11.5 Å². The van der Waals surface area contributed by atoms with Gasteiger partial charge in [-0.1, -0.05) is 34.6 Å². The third-order valence-electron chi connectivity index (χ3n) is 10.8. The number of thiophene rings is 4. The van der Waals surface area contributed by atoms with Crippen LogP contribution in [0.2, 0.25) is 0 Å². The quantitative estimate of drug-likeness (QED) is 0.0675. The third kappa shape index (κ3) is 9.30. The summed E-state index contributed by atoms with van der Waals surface area (Å²) in [5.41, 5.74) is -3.14. The number of nitriles is 2. The number of alkyl halides is 6. The average molecular weight is 949 g/mol. The molecule has 14 heteroatoms. The maximum Gasteiger partial charge on any atom is 0.380 e. The summed E-state index contributed by atoms with van der Waals surface area (Å²) < 4.78 is 112.